The predicted octanol–water partition coefficient (Wildman–Crippen LogP) is 2.91. The summed E-state index contributed by atoms with van der Waals surface area (Å²) in [7, 11) is 0. The third kappa shape index (κ3) is 7.83. The van der Waals surface area contributed by atoms with Crippen LogP contribution in [0.2, 0.25) is 0 Å². The lowest BCUT2D eigenvalue weighted by molar-refractivity contribution is -0.135. The van der Waals surface area contributed by atoms with Crippen molar-refractivity contribution in [1.29, 1.82) is 0 Å². The number of carboxylic acid groups (broad SMARTS) is 1. The number of carboxylic acids is 1. The third-order valence-corrected chi connectivity index (χ3v) is 3.55. The Bertz CT molecular complexity index is 403. The summed E-state index contributed by atoms with van der Waals surface area (Å²) in [5.41, 5.74) is 2.20. The van der Waals surface area contributed by atoms with Gasteiger partial charge in [0.1, 0.15) is 0 Å². The summed E-state index contributed by atoms with van der Waals surface area (Å²) in [5.74, 6) is -0.878. The van der Waals surface area contributed by atoms with Crippen molar-refractivity contribution in [2.24, 2.45) is 0 Å². The Morgan fingerprint density at radius 1 is 1.19 bits per heavy atom. The van der Waals surface area contributed by atoms with Crippen molar-refractivity contribution in [1.82, 2.24) is 5.32 Å². The zero-order valence-corrected chi connectivity index (χ0v) is 12.8. The normalized spacial score (nSPS) is 12.3. The highest BCUT2D eigenvalue weighted by atomic mass is 16.4. The number of rotatable bonds is 11. The second kappa shape index (κ2) is 10.4. The predicted molar refractivity (Wildman–Crippen MR) is 84.4 cm³/mol. The zero-order chi connectivity index (χ0) is 15.5. The minimum Gasteiger partial charge on any atom is -0.480 e. The molecular weight excluding hydrogens is 266 g/mol. The van der Waals surface area contributed by atoms with Crippen molar-refractivity contribution < 1.29 is 15.0 Å². The number of aliphatic carboxylic acids is 1. The van der Waals surface area contributed by atoms with Crippen LogP contribution >= 0.6 is 0 Å². The number of benzene rings is 1. The van der Waals surface area contributed by atoms with E-state index in [1.807, 2.05) is 12.1 Å². The lowest BCUT2D eigenvalue weighted by Crippen LogP contribution is -2.24. The molecule has 1 rings (SSSR count). The van der Waals surface area contributed by atoms with E-state index in [9.17, 15) is 9.90 Å². The number of aliphatic hydroxyl groups is 1. The van der Waals surface area contributed by atoms with Crippen molar-refractivity contribution in [3.05, 3.63) is 35.4 Å². The van der Waals surface area contributed by atoms with Gasteiger partial charge in [-0.2, -0.15) is 0 Å². The summed E-state index contributed by atoms with van der Waals surface area (Å²) < 4.78 is 0. The lowest BCUT2D eigenvalue weighted by Gasteiger charge is -2.12. The molecular formula is C17H27NO3. The first-order valence-electron chi connectivity index (χ1n) is 7.83. The average molecular weight is 293 g/mol. The fraction of sp³-hybridized carbons (Fsp3) is 0.588. The SMILES string of the molecule is CCCCCCc1ccc(C(O)CCNCC(=O)O)cc1. The molecule has 0 spiro atoms. The Hall–Kier alpha value is -1.39. The van der Waals surface area contributed by atoms with Crippen LogP contribution in [-0.4, -0.2) is 29.3 Å². The molecule has 1 unspecified atom stereocenters. The number of unbranched alkanes of at least 4 members (excludes halogenated alkanes) is 3. The fourth-order valence-electron chi connectivity index (χ4n) is 2.26. The van der Waals surface area contributed by atoms with Gasteiger partial charge < -0.3 is 15.5 Å². The molecule has 0 aliphatic carbocycles. The Kier molecular flexibility index (Phi) is 8.71. The first-order chi connectivity index (χ1) is 10.1. The van der Waals surface area contributed by atoms with E-state index in [4.69, 9.17) is 5.11 Å². The Labute approximate surface area is 127 Å². The molecule has 1 aromatic rings. The topological polar surface area (TPSA) is 69.6 Å². The maximum absolute atomic E-state index is 10.4. The molecule has 0 saturated carbocycles. The Morgan fingerprint density at radius 2 is 1.90 bits per heavy atom. The van der Waals surface area contributed by atoms with Crippen LogP contribution in [0.25, 0.3) is 0 Å². The highest BCUT2D eigenvalue weighted by Gasteiger charge is 2.07. The van der Waals surface area contributed by atoms with Gasteiger partial charge in [-0.15, -0.1) is 0 Å². The van der Waals surface area contributed by atoms with Gasteiger partial charge in [0.05, 0.1) is 12.6 Å². The Balaban J connectivity index is 2.30. The fourth-order valence-corrected chi connectivity index (χ4v) is 2.26. The van der Waals surface area contributed by atoms with E-state index >= 15 is 0 Å². The third-order valence-electron chi connectivity index (χ3n) is 3.55. The van der Waals surface area contributed by atoms with Gasteiger partial charge in [0.15, 0.2) is 0 Å². The molecule has 0 fully saturated rings. The van der Waals surface area contributed by atoms with Crippen LogP contribution < -0.4 is 5.32 Å². The van der Waals surface area contributed by atoms with Crippen LogP contribution in [0.4, 0.5) is 0 Å². The molecule has 0 aromatic heterocycles. The largest absolute Gasteiger partial charge is 0.480 e. The van der Waals surface area contributed by atoms with Crippen LogP contribution in [-0.2, 0) is 11.2 Å². The molecule has 0 aliphatic rings. The van der Waals surface area contributed by atoms with Gasteiger partial charge in [-0.25, -0.2) is 0 Å². The van der Waals surface area contributed by atoms with Crippen LogP contribution in [0.3, 0.4) is 0 Å². The summed E-state index contributed by atoms with van der Waals surface area (Å²) >= 11 is 0. The van der Waals surface area contributed by atoms with Gasteiger partial charge in [0.2, 0.25) is 0 Å². The maximum Gasteiger partial charge on any atom is 0.317 e. The van der Waals surface area contributed by atoms with Gasteiger partial charge in [-0.3, -0.25) is 4.79 Å². The summed E-state index contributed by atoms with van der Waals surface area (Å²) in [5, 5.41) is 21.3. The van der Waals surface area contributed by atoms with Gasteiger partial charge >= 0.3 is 5.97 Å². The summed E-state index contributed by atoms with van der Waals surface area (Å²) in [4.78, 5) is 10.4. The molecule has 0 bridgehead atoms. The van der Waals surface area contributed by atoms with Crippen LogP contribution in [0.15, 0.2) is 24.3 Å². The van der Waals surface area contributed by atoms with Crippen LogP contribution in [0.5, 0.6) is 0 Å². The summed E-state index contributed by atoms with van der Waals surface area (Å²) in [6.45, 7) is 2.64. The molecule has 1 atom stereocenters. The van der Waals surface area contributed by atoms with E-state index in [-0.39, 0.29) is 6.54 Å². The number of carbonyl (C=O) groups is 1. The van der Waals surface area contributed by atoms with Crippen molar-refractivity contribution >= 4 is 5.97 Å². The maximum atomic E-state index is 10.4. The highest BCUT2D eigenvalue weighted by Crippen LogP contribution is 2.17. The van der Waals surface area contributed by atoms with E-state index in [1.54, 1.807) is 0 Å². The molecule has 0 heterocycles. The second-order valence-electron chi connectivity index (χ2n) is 5.43. The molecule has 4 heteroatoms. The quantitative estimate of drug-likeness (QED) is 0.549. The summed E-state index contributed by atoms with van der Waals surface area (Å²) in [6, 6.07) is 8.10. The minimum absolute atomic E-state index is 0.0661. The van der Waals surface area contributed by atoms with Gasteiger partial charge in [-0.1, -0.05) is 50.5 Å². The van der Waals surface area contributed by atoms with Gasteiger partial charge in [0.25, 0.3) is 0 Å². The van der Waals surface area contributed by atoms with Crippen LogP contribution in [0.1, 0.15) is 56.3 Å². The van der Waals surface area contributed by atoms with E-state index < -0.39 is 12.1 Å². The van der Waals surface area contributed by atoms with Crippen molar-refractivity contribution in [3.63, 3.8) is 0 Å². The van der Waals surface area contributed by atoms with Crippen molar-refractivity contribution in [2.75, 3.05) is 13.1 Å². The first-order valence-corrected chi connectivity index (χ1v) is 7.83. The van der Waals surface area contributed by atoms with Gasteiger partial charge in [-0.05, 0) is 36.9 Å². The molecule has 118 valence electrons. The van der Waals surface area contributed by atoms with Gasteiger partial charge in [0, 0.05) is 0 Å². The minimum atomic E-state index is -0.878. The van der Waals surface area contributed by atoms with Crippen LogP contribution in [0, 0.1) is 0 Å². The molecule has 21 heavy (non-hydrogen) atoms. The standard InChI is InChI=1S/C17H27NO3/c1-2-3-4-5-6-14-7-9-15(10-8-14)16(19)11-12-18-13-17(20)21/h7-10,16,18-19H,2-6,11-13H2,1H3,(H,20,21). The lowest BCUT2D eigenvalue weighted by atomic mass is 10.0. The number of hydrogen-bond acceptors (Lipinski definition) is 3. The number of nitrogens with one attached hydrogen (secondary N) is 1. The molecule has 0 saturated heterocycles. The second-order valence-corrected chi connectivity index (χ2v) is 5.43. The molecule has 0 radical (unpaired) electrons. The average Bonchev–Trinajstić information content (AvgIpc) is 2.48. The van der Waals surface area contributed by atoms with E-state index in [1.165, 1.54) is 31.2 Å². The number of aryl methyl sites for hydroxylation is 1. The van der Waals surface area contributed by atoms with Crippen molar-refractivity contribution in [3.8, 4) is 0 Å². The highest BCUT2D eigenvalue weighted by molar-refractivity contribution is 5.68. The summed E-state index contributed by atoms with van der Waals surface area (Å²) in [6.07, 6.45) is 6.10. The number of aliphatic hydroxyl groups excluding tert-OH is 1. The van der Waals surface area contributed by atoms with Crippen molar-refractivity contribution in [2.45, 2.75) is 51.6 Å². The monoisotopic (exact) mass is 293 g/mol. The smallest absolute Gasteiger partial charge is 0.317 e. The number of hydrogen-bond donors (Lipinski definition) is 3. The van der Waals surface area contributed by atoms with E-state index in [2.05, 4.69) is 24.4 Å². The zero-order valence-electron chi connectivity index (χ0n) is 12.8. The Morgan fingerprint density at radius 3 is 2.52 bits per heavy atom. The molecule has 3 N–H and O–H groups in total. The van der Waals surface area contributed by atoms with E-state index in [0.717, 1.165) is 12.0 Å². The van der Waals surface area contributed by atoms with E-state index in [0.29, 0.717) is 13.0 Å². The molecule has 4 nitrogen and oxygen atoms in total. The molecule has 0 amide bonds. The first kappa shape index (κ1) is 17.7. The molecule has 0 aliphatic heterocycles. The molecule has 1 aromatic carbocycles.